The number of hydrogen-bond acceptors (Lipinski definition) is 5. The fraction of sp³-hybridized carbons (Fsp3) is 0.533. The van der Waals surface area contributed by atoms with Gasteiger partial charge in [0.25, 0.3) is 0 Å². The molecule has 1 aliphatic carbocycles. The van der Waals surface area contributed by atoms with Crippen molar-refractivity contribution in [3.05, 3.63) is 29.8 Å². The monoisotopic (exact) mass is 280 g/mol. The number of rotatable bonds is 4. The molecule has 5 heteroatoms. The van der Waals surface area contributed by atoms with E-state index in [4.69, 9.17) is 9.99 Å². The first-order valence-electron chi connectivity index (χ1n) is 6.80. The Hall–Kier alpha value is -1.43. The maximum Gasteiger partial charge on any atom is 0.308 e. The highest BCUT2D eigenvalue weighted by Gasteiger charge is 2.36. The van der Waals surface area contributed by atoms with Gasteiger partial charge >= 0.3 is 5.97 Å². The van der Waals surface area contributed by atoms with E-state index in [1.807, 2.05) is 12.1 Å². The third kappa shape index (κ3) is 3.36. The molecule has 1 saturated carbocycles. The third-order valence-corrected chi connectivity index (χ3v) is 3.99. The second-order valence-corrected chi connectivity index (χ2v) is 5.37. The second-order valence-electron chi connectivity index (χ2n) is 5.37. The number of hydrogen-bond donors (Lipinski definition) is 2. The average molecular weight is 280 g/mol. The molecule has 0 heterocycles. The molecule has 0 saturated heterocycles. The molecule has 1 aliphatic rings. The fourth-order valence-corrected chi connectivity index (χ4v) is 2.73. The normalized spacial score (nSPS) is 26.2. The zero-order chi connectivity index (χ0) is 14.6. The molecular weight excluding hydrogens is 260 g/mol. The van der Waals surface area contributed by atoms with Crippen LogP contribution in [0.5, 0.6) is 5.75 Å². The number of carbonyl (C=O) groups is 1. The molecule has 0 aromatic heterocycles. The number of carbonyl (C=O) groups excluding carboxylic acids is 1. The quantitative estimate of drug-likeness (QED) is 0.383. The van der Waals surface area contributed by atoms with Crippen LogP contribution in [0.1, 0.15) is 44.1 Å². The van der Waals surface area contributed by atoms with Crippen LogP contribution in [-0.4, -0.2) is 28.5 Å². The van der Waals surface area contributed by atoms with Gasteiger partial charge in [-0.3, -0.25) is 10.1 Å². The SMILES string of the molecule is CC(=O)Oc1ccc(C2CCC(CO)(OO)CC2)cc1. The number of aliphatic hydroxyl groups excluding tert-OH is 1. The first-order chi connectivity index (χ1) is 9.58. The van der Waals surface area contributed by atoms with Crippen LogP contribution < -0.4 is 4.74 Å². The van der Waals surface area contributed by atoms with Gasteiger partial charge in [0.15, 0.2) is 0 Å². The molecule has 20 heavy (non-hydrogen) atoms. The Morgan fingerprint density at radius 2 is 1.90 bits per heavy atom. The molecule has 5 nitrogen and oxygen atoms in total. The van der Waals surface area contributed by atoms with Crippen molar-refractivity contribution >= 4 is 5.97 Å². The molecule has 1 fully saturated rings. The summed E-state index contributed by atoms with van der Waals surface area (Å²) in [5, 5.41) is 18.2. The maximum atomic E-state index is 10.9. The first kappa shape index (κ1) is 15.0. The molecule has 0 spiro atoms. The number of aliphatic hydroxyl groups is 1. The molecule has 0 bridgehead atoms. The van der Waals surface area contributed by atoms with E-state index in [-0.39, 0.29) is 12.6 Å². The molecule has 2 rings (SSSR count). The molecule has 0 radical (unpaired) electrons. The second kappa shape index (κ2) is 6.35. The van der Waals surface area contributed by atoms with Gasteiger partial charge in [-0.25, -0.2) is 4.89 Å². The topological polar surface area (TPSA) is 76.0 Å². The highest BCUT2D eigenvalue weighted by atomic mass is 17.1. The van der Waals surface area contributed by atoms with E-state index in [2.05, 4.69) is 4.89 Å². The summed E-state index contributed by atoms with van der Waals surface area (Å²) in [5.74, 6) is 0.583. The number of esters is 1. The predicted octanol–water partition coefficient (Wildman–Crippen LogP) is 2.49. The van der Waals surface area contributed by atoms with Crippen LogP contribution >= 0.6 is 0 Å². The van der Waals surface area contributed by atoms with Gasteiger partial charge in [0.1, 0.15) is 11.4 Å². The third-order valence-electron chi connectivity index (χ3n) is 3.99. The molecule has 0 unspecified atom stereocenters. The van der Waals surface area contributed by atoms with Gasteiger partial charge in [0.2, 0.25) is 0 Å². The maximum absolute atomic E-state index is 10.9. The van der Waals surface area contributed by atoms with E-state index in [9.17, 15) is 9.90 Å². The molecular formula is C15H20O5. The number of benzene rings is 1. The van der Waals surface area contributed by atoms with E-state index in [1.54, 1.807) is 12.1 Å². The predicted molar refractivity (Wildman–Crippen MR) is 72.5 cm³/mol. The standard InChI is InChI=1S/C15H20O5/c1-11(17)19-14-4-2-12(3-5-14)13-6-8-15(10-16,20-18)9-7-13/h2-5,13,16,18H,6-10H2,1H3. The van der Waals surface area contributed by atoms with Crippen LogP contribution in [0.15, 0.2) is 24.3 Å². The summed E-state index contributed by atoms with van der Waals surface area (Å²) in [5.41, 5.74) is 0.374. The molecule has 0 atom stereocenters. The summed E-state index contributed by atoms with van der Waals surface area (Å²) in [6, 6.07) is 7.48. The summed E-state index contributed by atoms with van der Waals surface area (Å²) in [7, 11) is 0. The molecule has 0 amide bonds. The Balaban J connectivity index is 1.98. The van der Waals surface area contributed by atoms with Gasteiger partial charge in [0.05, 0.1) is 6.61 Å². The lowest BCUT2D eigenvalue weighted by atomic mass is 9.76. The van der Waals surface area contributed by atoms with Gasteiger partial charge in [-0.1, -0.05) is 12.1 Å². The van der Waals surface area contributed by atoms with Crippen molar-refractivity contribution in [3.8, 4) is 5.75 Å². The summed E-state index contributed by atoms with van der Waals surface area (Å²) < 4.78 is 5.00. The Morgan fingerprint density at radius 1 is 1.30 bits per heavy atom. The largest absolute Gasteiger partial charge is 0.427 e. The zero-order valence-electron chi connectivity index (χ0n) is 11.5. The van der Waals surface area contributed by atoms with Crippen molar-refractivity contribution < 1.29 is 24.8 Å². The van der Waals surface area contributed by atoms with Crippen LogP contribution in [-0.2, 0) is 9.68 Å². The summed E-state index contributed by atoms with van der Waals surface area (Å²) in [6.07, 6.45) is 2.93. The molecule has 1 aromatic rings. The van der Waals surface area contributed by atoms with E-state index in [1.165, 1.54) is 12.5 Å². The van der Waals surface area contributed by atoms with Crippen molar-refractivity contribution in [1.82, 2.24) is 0 Å². The Bertz CT molecular complexity index is 440. The van der Waals surface area contributed by atoms with E-state index in [0.717, 1.165) is 12.8 Å². The smallest absolute Gasteiger partial charge is 0.308 e. The molecule has 110 valence electrons. The van der Waals surface area contributed by atoms with Crippen molar-refractivity contribution in [3.63, 3.8) is 0 Å². The van der Waals surface area contributed by atoms with Gasteiger partial charge in [-0.15, -0.1) is 0 Å². The van der Waals surface area contributed by atoms with Crippen LogP contribution in [0.3, 0.4) is 0 Å². The lowest BCUT2D eigenvalue weighted by Gasteiger charge is -2.36. The minimum atomic E-state index is -0.797. The van der Waals surface area contributed by atoms with Crippen molar-refractivity contribution in [2.75, 3.05) is 6.61 Å². The summed E-state index contributed by atoms with van der Waals surface area (Å²) in [6.45, 7) is 1.21. The highest BCUT2D eigenvalue weighted by molar-refractivity contribution is 5.69. The molecule has 2 N–H and O–H groups in total. The van der Waals surface area contributed by atoms with Crippen molar-refractivity contribution in [2.24, 2.45) is 0 Å². The lowest BCUT2D eigenvalue weighted by molar-refractivity contribution is -0.338. The Kier molecular flexibility index (Phi) is 4.75. The Morgan fingerprint density at radius 3 is 2.35 bits per heavy atom. The van der Waals surface area contributed by atoms with Crippen LogP contribution in [0.4, 0.5) is 0 Å². The highest BCUT2D eigenvalue weighted by Crippen LogP contribution is 2.39. The first-order valence-corrected chi connectivity index (χ1v) is 6.80. The fourth-order valence-electron chi connectivity index (χ4n) is 2.73. The van der Waals surface area contributed by atoms with E-state index >= 15 is 0 Å². The van der Waals surface area contributed by atoms with Crippen LogP contribution in [0.25, 0.3) is 0 Å². The van der Waals surface area contributed by atoms with Gasteiger partial charge in [-0.05, 0) is 49.3 Å². The molecule has 1 aromatic carbocycles. The summed E-state index contributed by atoms with van der Waals surface area (Å²) in [4.78, 5) is 15.3. The van der Waals surface area contributed by atoms with Crippen molar-refractivity contribution in [1.29, 1.82) is 0 Å². The molecule has 0 aliphatic heterocycles. The Labute approximate surface area is 118 Å². The minimum absolute atomic E-state index is 0.165. The van der Waals surface area contributed by atoms with E-state index < -0.39 is 5.60 Å². The van der Waals surface area contributed by atoms with Crippen LogP contribution in [0, 0.1) is 0 Å². The van der Waals surface area contributed by atoms with Crippen molar-refractivity contribution in [2.45, 2.75) is 44.1 Å². The van der Waals surface area contributed by atoms with Gasteiger partial charge < -0.3 is 9.84 Å². The zero-order valence-corrected chi connectivity index (χ0v) is 11.5. The van der Waals surface area contributed by atoms with Gasteiger partial charge in [-0.2, -0.15) is 0 Å². The van der Waals surface area contributed by atoms with Gasteiger partial charge in [0, 0.05) is 6.92 Å². The van der Waals surface area contributed by atoms with E-state index in [0.29, 0.717) is 24.5 Å². The average Bonchev–Trinajstić information content (AvgIpc) is 2.48. The van der Waals surface area contributed by atoms with Crippen LogP contribution in [0.2, 0.25) is 0 Å². The number of ether oxygens (including phenoxy) is 1. The minimum Gasteiger partial charge on any atom is -0.427 e. The lowest BCUT2D eigenvalue weighted by Crippen LogP contribution is -2.39. The summed E-state index contributed by atoms with van der Waals surface area (Å²) >= 11 is 0.